The molecule has 0 aliphatic carbocycles. The summed E-state index contributed by atoms with van der Waals surface area (Å²) in [5.41, 5.74) is -1.12. The molecule has 0 aromatic heterocycles. The van der Waals surface area contributed by atoms with Crippen molar-refractivity contribution in [1.82, 2.24) is 4.90 Å². The zero-order chi connectivity index (χ0) is 30.5. The Bertz CT molecular complexity index is 1460. The van der Waals surface area contributed by atoms with Gasteiger partial charge in [0.2, 0.25) is 11.8 Å². The van der Waals surface area contributed by atoms with Crippen LogP contribution in [0.2, 0.25) is 5.02 Å². The third kappa shape index (κ3) is 4.45. The first-order valence-corrected chi connectivity index (χ1v) is 15.5. The lowest BCUT2D eigenvalue weighted by Crippen LogP contribution is -2.60. The molecule has 2 aromatic rings. The van der Waals surface area contributed by atoms with E-state index < -0.39 is 35.1 Å². The molecular formula is C34H38ClN3O5. The average molecular weight is 604 g/mol. The molecule has 0 bridgehead atoms. The molecule has 2 saturated heterocycles. The maximum Gasteiger partial charge on any atom is 0.253 e. The number of carbonyl (C=O) groups is 3. The van der Waals surface area contributed by atoms with Gasteiger partial charge in [0.05, 0.1) is 30.1 Å². The van der Waals surface area contributed by atoms with Crippen LogP contribution >= 0.6 is 11.6 Å². The van der Waals surface area contributed by atoms with E-state index in [0.29, 0.717) is 30.1 Å². The van der Waals surface area contributed by atoms with Gasteiger partial charge in [-0.15, -0.1) is 0 Å². The molecule has 226 valence electrons. The Morgan fingerprint density at radius 3 is 2.14 bits per heavy atom. The standard InChI is InChI=1S/C34H38ClN3O5/c1-4-22(3)26(21-39)38-29-32(42)37(25-15-13-23(35)14-16-25)20-10-18-34(29)28(31(38)41)27-30(40)36(24-11-7-6-8-12-24)19-9-17-33(27,5-2)43-34/h6-18,22,26-29,39H,4-5,19-21H2,1-3H3/t22-,26-,27-,28-,29?,33+,34-/m0/s1. The summed E-state index contributed by atoms with van der Waals surface area (Å²) in [6.45, 7) is 6.21. The summed E-state index contributed by atoms with van der Waals surface area (Å²) in [5.74, 6) is -2.79. The van der Waals surface area contributed by atoms with E-state index in [2.05, 4.69) is 0 Å². The minimum Gasteiger partial charge on any atom is -0.394 e. The van der Waals surface area contributed by atoms with Crippen LogP contribution < -0.4 is 9.80 Å². The summed E-state index contributed by atoms with van der Waals surface area (Å²) in [5, 5.41) is 11.2. The van der Waals surface area contributed by atoms with Crippen LogP contribution in [0, 0.1) is 17.8 Å². The largest absolute Gasteiger partial charge is 0.394 e. The highest BCUT2D eigenvalue weighted by Crippen LogP contribution is 2.59. The number of hydrogen-bond donors (Lipinski definition) is 1. The van der Waals surface area contributed by atoms with Crippen molar-refractivity contribution in [2.75, 3.05) is 29.5 Å². The minimum atomic E-state index is -1.41. The first-order chi connectivity index (χ1) is 20.7. The second-order valence-electron chi connectivity index (χ2n) is 12.0. The van der Waals surface area contributed by atoms with Crippen LogP contribution in [0.15, 0.2) is 78.9 Å². The average Bonchev–Trinajstić information content (AvgIpc) is 3.31. The number of rotatable bonds is 7. The number of ether oxygens (including phenoxy) is 1. The molecule has 3 amide bonds. The molecule has 2 fully saturated rings. The minimum absolute atomic E-state index is 0.102. The quantitative estimate of drug-likeness (QED) is 0.467. The van der Waals surface area contributed by atoms with Crippen LogP contribution in [0.1, 0.15) is 33.6 Å². The number of fused-ring (bicyclic) bond motifs is 2. The summed E-state index contributed by atoms with van der Waals surface area (Å²) >= 11 is 6.16. The van der Waals surface area contributed by atoms with E-state index in [4.69, 9.17) is 16.3 Å². The first-order valence-electron chi connectivity index (χ1n) is 15.1. The summed E-state index contributed by atoms with van der Waals surface area (Å²) in [6, 6.07) is 14.7. The predicted octanol–water partition coefficient (Wildman–Crippen LogP) is 4.61. The van der Waals surface area contributed by atoms with Gasteiger partial charge in [0.1, 0.15) is 11.6 Å². The molecule has 43 heavy (non-hydrogen) atoms. The van der Waals surface area contributed by atoms with Crippen LogP contribution in [0.5, 0.6) is 0 Å². The lowest BCUT2D eigenvalue weighted by molar-refractivity contribution is -0.150. The Morgan fingerprint density at radius 1 is 0.884 bits per heavy atom. The SMILES string of the molecule is CC[C@H](C)[C@H](CO)N1C(=O)[C@@H]2[C@H]3C(=O)N(c4ccccc4)CC=C[C@@]3(CC)O[C@@]23C=CCN(c2ccc(Cl)cc2)C(=O)C13. The van der Waals surface area contributed by atoms with E-state index in [0.717, 1.165) is 5.69 Å². The zero-order valence-electron chi connectivity index (χ0n) is 24.7. The molecule has 4 aliphatic heterocycles. The van der Waals surface area contributed by atoms with Gasteiger partial charge in [-0.05, 0) is 48.7 Å². The number of aliphatic hydroxyl groups excluding tert-OH is 1. The van der Waals surface area contributed by atoms with Gasteiger partial charge in [0.25, 0.3) is 5.91 Å². The van der Waals surface area contributed by atoms with Crippen molar-refractivity contribution in [2.24, 2.45) is 17.8 Å². The van der Waals surface area contributed by atoms with Gasteiger partial charge >= 0.3 is 0 Å². The fraction of sp³-hybridized carbons (Fsp3) is 0.441. The molecule has 9 heteroatoms. The van der Waals surface area contributed by atoms with Gasteiger partial charge in [-0.25, -0.2) is 0 Å². The predicted molar refractivity (Wildman–Crippen MR) is 166 cm³/mol. The van der Waals surface area contributed by atoms with Gasteiger partial charge < -0.3 is 24.5 Å². The number of amides is 3. The smallest absolute Gasteiger partial charge is 0.253 e. The van der Waals surface area contributed by atoms with Gasteiger partial charge in [0.15, 0.2) is 0 Å². The number of anilines is 2. The van der Waals surface area contributed by atoms with Crippen LogP contribution in [-0.2, 0) is 19.1 Å². The highest BCUT2D eigenvalue weighted by molar-refractivity contribution is 6.30. The normalized spacial score (nSPS) is 31.4. The van der Waals surface area contributed by atoms with Gasteiger partial charge in [-0.3, -0.25) is 14.4 Å². The molecule has 6 rings (SSSR count). The van der Waals surface area contributed by atoms with E-state index in [1.165, 1.54) is 0 Å². The molecule has 1 spiro atoms. The maximum atomic E-state index is 14.8. The van der Waals surface area contributed by atoms with Gasteiger partial charge in [0, 0.05) is 29.5 Å². The van der Waals surface area contributed by atoms with E-state index >= 15 is 0 Å². The Balaban J connectivity index is 1.53. The van der Waals surface area contributed by atoms with E-state index in [1.807, 2.05) is 75.4 Å². The summed E-state index contributed by atoms with van der Waals surface area (Å²) in [6.07, 6.45) is 8.71. The first kappa shape index (κ1) is 29.6. The summed E-state index contributed by atoms with van der Waals surface area (Å²) in [4.78, 5) is 49.1. The van der Waals surface area contributed by atoms with E-state index in [1.54, 1.807) is 39.0 Å². The van der Waals surface area contributed by atoms with Crippen LogP contribution in [-0.4, -0.2) is 70.7 Å². The second-order valence-corrected chi connectivity index (χ2v) is 12.5. The van der Waals surface area contributed by atoms with Crippen molar-refractivity contribution in [3.63, 3.8) is 0 Å². The molecule has 2 aromatic carbocycles. The van der Waals surface area contributed by atoms with Crippen molar-refractivity contribution in [3.05, 3.63) is 83.9 Å². The van der Waals surface area contributed by atoms with E-state index in [9.17, 15) is 19.5 Å². The number of aliphatic hydroxyl groups is 1. The molecule has 1 N–H and O–H groups in total. The van der Waals surface area contributed by atoms with Crippen LogP contribution in [0.4, 0.5) is 11.4 Å². The Hall–Kier alpha value is -3.46. The lowest BCUT2D eigenvalue weighted by Gasteiger charge is -2.42. The molecular weight excluding hydrogens is 566 g/mol. The number of carbonyl (C=O) groups excluding carboxylic acids is 3. The lowest BCUT2D eigenvalue weighted by atomic mass is 9.73. The van der Waals surface area contributed by atoms with Crippen molar-refractivity contribution < 1.29 is 24.2 Å². The molecule has 4 aliphatic rings. The molecule has 1 unspecified atom stereocenters. The number of para-hydroxylation sites is 1. The molecule has 8 nitrogen and oxygen atoms in total. The van der Waals surface area contributed by atoms with Gasteiger partial charge in [-0.2, -0.15) is 0 Å². The number of hydrogen-bond acceptors (Lipinski definition) is 5. The zero-order valence-corrected chi connectivity index (χ0v) is 25.5. The third-order valence-electron chi connectivity index (χ3n) is 9.93. The van der Waals surface area contributed by atoms with Gasteiger partial charge in [-0.1, -0.05) is 81.3 Å². The Labute approximate surface area is 257 Å². The Morgan fingerprint density at radius 2 is 1.51 bits per heavy atom. The highest BCUT2D eigenvalue weighted by atomic mass is 35.5. The van der Waals surface area contributed by atoms with Crippen molar-refractivity contribution >= 4 is 40.7 Å². The topological polar surface area (TPSA) is 90.4 Å². The fourth-order valence-electron chi connectivity index (χ4n) is 7.56. The van der Waals surface area contributed by atoms with Crippen molar-refractivity contribution in [2.45, 2.75) is 56.9 Å². The molecule has 0 saturated carbocycles. The third-order valence-corrected chi connectivity index (χ3v) is 10.2. The number of likely N-dealkylation sites (tertiary alicyclic amines) is 1. The fourth-order valence-corrected chi connectivity index (χ4v) is 7.69. The second kappa shape index (κ2) is 11.2. The van der Waals surface area contributed by atoms with Crippen molar-refractivity contribution in [1.29, 1.82) is 0 Å². The van der Waals surface area contributed by atoms with Crippen molar-refractivity contribution in [3.8, 4) is 0 Å². The van der Waals surface area contributed by atoms with Crippen LogP contribution in [0.3, 0.4) is 0 Å². The number of halogens is 1. The number of benzene rings is 2. The highest BCUT2D eigenvalue weighted by Gasteiger charge is 2.76. The molecule has 7 atom stereocenters. The van der Waals surface area contributed by atoms with E-state index in [-0.39, 0.29) is 36.8 Å². The molecule has 0 radical (unpaired) electrons. The summed E-state index contributed by atoms with van der Waals surface area (Å²) in [7, 11) is 0. The Kier molecular flexibility index (Phi) is 7.73. The summed E-state index contributed by atoms with van der Waals surface area (Å²) < 4.78 is 7.08. The number of nitrogens with zero attached hydrogens (tertiary/aromatic N) is 3. The van der Waals surface area contributed by atoms with Crippen LogP contribution in [0.25, 0.3) is 0 Å². The monoisotopic (exact) mass is 603 g/mol. The maximum absolute atomic E-state index is 14.8. The molecule has 4 heterocycles.